The number of hydrogen-bond donors (Lipinski definition) is 0. The summed E-state index contributed by atoms with van der Waals surface area (Å²) in [5.74, 6) is 2.35. The summed E-state index contributed by atoms with van der Waals surface area (Å²) in [4.78, 5) is 6.79. The largest absolute Gasteiger partial charge is 0.497 e. The fourth-order valence-corrected chi connectivity index (χ4v) is 3.68. The molecule has 1 aliphatic rings. The van der Waals surface area contributed by atoms with E-state index in [1.807, 2.05) is 18.2 Å². The maximum atomic E-state index is 13.1. The molecule has 0 spiro atoms. The minimum Gasteiger partial charge on any atom is -0.497 e. The quantitative estimate of drug-likeness (QED) is 0.635. The second kappa shape index (κ2) is 7.98. The van der Waals surface area contributed by atoms with Gasteiger partial charge in [-0.15, -0.1) is 0 Å². The van der Waals surface area contributed by atoms with Crippen LogP contribution in [0.3, 0.4) is 0 Å². The zero-order chi connectivity index (χ0) is 19.5. The van der Waals surface area contributed by atoms with Gasteiger partial charge in [0.1, 0.15) is 17.3 Å². The van der Waals surface area contributed by atoms with Gasteiger partial charge in [-0.1, -0.05) is 5.16 Å². The SMILES string of the molecule is COc1ccc(OC)c([C@@H]2CCCN2Cc2nc(-c3ccc(F)cc3)no2)c1. The van der Waals surface area contributed by atoms with E-state index in [1.165, 1.54) is 12.1 Å². The smallest absolute Gasteiger partial charge is 0.241 e. The molecule has 3 aromatic rings. The lowest BCUT2D eigenvalue weighted by atomic mass is 10.0. The molecule has 7 heteroatoms. The van der Waals surface area contributed by atoms with Crippen LogP contribution in [0.1, 0.15) is 30.3 Å². The van der Waals surface area contributed by atoms with Crippen molar-refractivity contribution in [2.45, 2.75) is 25.4 Å². The fourth-order valence-electron chi connectivity index (χ4n) is 3.68. The number of methoxy groups -OCH3 is 2. The summed E-state index contributed by atoms with van der Waals surface area (Å²) < 4.78 is 29.5. The van der Waals surface area contributed by atoms with E-state index in [-0.39, 0.29) is 11.9 Å². The molecule has 4 rings (SSSR count). The van der Waals surface area contributed by atoms with E-state index in [1.54, 1.807) is 26.4 Å². The molecule has 0 N–H and O–H groups in total. The Morgan fingerprint density at radius 2 is 1.96 bits per heavy atom. The van der Waals surface area contributed by atoms with Crippen molar-refractivity contribution < 1.29 is 18.4 Å². The van der Waals surface area contributed by atoms with Gasteiger partial charge < -0.3 is 14.0 Å². The minimum absolute atomic E-state index is 0.186. The summed E-state index contributed by atoms with van der Waals surface area (Å²) in [5, 5.41) is 4.04. The molecule has 6 nitrogen and oxygen atoms in total. The molecule has 1 fully saturated rings. The normalized spacial score (nSPS) is 17.0. The Morgan fingerprint density at radius 3 is 2.71 bits per heavy atom. The predicted octanol–water partition coefficient (Wildman–Crippen LogP) is 4.23. The first-order valence-corrected chi connectivity index (χ1v) is 9.22. The van der Waals surface area contributed by atoms with Gasteiger partial charge in [0.05, 0.1) is 20.8 Å². The monoisotopic (exact) mass is 383 g/mol. The molecule has 28 heavy (non-hydrogen) atoms. The standard InChI is InChI=1S/C21H22FN3O3/c1-26-16-9-10-19(27-2)17(12-16)18-4-3-11-25(18)13-20-23-21(24-28-20)14-5-7-15(22)8-6-14/h5-10,12,18H,3-4,11,13H2,1-2H3/t18-/m0/s1. The minimum atomic E-state index is -0.292. The fraction of sp³-hybridized carbons (Fsp3) is 0.333. The van der Waals surface area contributed by atoms with Crippen molar-refractivity contribution >= 4 is 0 Å². The van der Waals surface area contributed by atoms with Gasteiger partial charge in [0.25, 0.3) is 0 Å². The zero-order valence-corrected chi connectivity index (χ0v) is 15.9. The van der Waals surface area contributed by atoms with Gasteiger partial charge in [0.15, 0.2) is 0 Å². The van der Waals surface area contributed by atoms with Crippen LogP contribution in [0, 0.1) is 5.82 Å². The van der Waals surface area contributed by atoms with Gasteiger partial charge in [0.2, 0.25) is 11.7 Å². The Labute approximate surface area is 162 Å². The topological polar surface area (TPSA) is 60.6 Å². The first kappa shape index (κ1) is 18.4. The van der Waals surface area contributed by atoms with E-state index < -0.39 is 0 Å². The maximum absolute atomic E-state index is 13.1. The molecular formula is C21H22FN3O3. The summed E-state index contributed by atoms with van der Waals surface area (Å²) >= 11 is 0. The molecule has 1 atom stereocenters. The van der Waals surface area contributed by atoms with Gasteiger partial charge in [0, 0.05) is 17.2 Å². The molecule has 0 saturated carbocycles. The highest BCUT2D eigenvalue weighted by molar-refractivity contribution is 5.53. The molecule has 1 aromatic heterocycles. The average molecular weight is 383 g/mol. The van der Waals surface area contributed by atoms with Crippen molar-refractivity contribution in [3.63, 3.8) is 0 Å². The number of nitrogens with zero attached hydrogens (tertiary/aromatic N) is 3. The van der Waals surface area contributed by atoms with E-state index in [0.29, 0.717) is 18.3 Å². The van der Waals surface area contributed by atoms with Crippen LogP contribution in [0.2, 0.25) is 0 Å². The Morgan fingerprint density at radius 1 is 1.14 bits per heavy atom. The summed E-state index contributed by atoms with van der Waals surface area (Å²) in [7, 11) is 3.34. The Hall–Kier alpha value is -2.93. The first-order valence-electron chi connectivity index (χ1n) is 9.22. The summed E-state index contributed by atoms with van der Waals surface area (Å²) in [5.41, 5.74) is 1.82. The van der Waals surface area contributed by atoms with Gasteiger partial charge in [-0.3, -0.25) is 4.90 Å². The molecule has 0 unspecified atom stereocenters. The van der Waals surface area contributed by atoms with Crippen molar-refractivity contribution in [3.05, 3.63) is 59.7 Å². The number of benzene rings is 2. The number of ether oxygens (including phenoxy) is 2. The maximum Gasteiger partial charge on any atom is 0.241 e. The molecular weight excluding hydrogens is 361 g/mol. The lowest BCUT2D eigenvalue weighted by Crippen LogP contribution is -2.23. The Kier molecular flexibility index (Phi) is 5.25. The zero-order valence-electron chi connectivity index (χ0n) is 15.9. The molecule has 2 aromatic carbocycles. The van der Waals surface area contributed by atoms with Crippen LogP contribution in [-0.2, 0) is 6.54 Å². The lowest BCUT2D eigenvalue weighted by molar-refractivity contribution is 0.209. The lowest BCUT2D eigenvalue weighted by Gasteiger charge is -2.25. The molecule has 1 saturated heterocycles. The summed E-state index contributed by atoms with van der Waals surface area (Å²) in [6, 6.07) is 12.1. The number of rotatable bonds is 6. The Bertz CT molecular complexity index is 942. The van der Waals surface area contributed by atoms with Gasteiger partial charge in [-0.25, -0.2) is 4.39 Å². The van der Waals surface area contributed by atoms with Crippen LogP contribution in [-0.4, -0.2) is 35.8 Å². The van der Waals surface area contributed by atoms with E-state index in [9.17, 15) is 4.39 Å². The van der Waals surface area contributed by atoms with E-state index in [2.05, 4.69) is 15.0 Å². The van der Waals surface area contributed by atoms with Crippen LogP contribution in [0.5, 0.6) is 11.5 Å². The van der Waals surface area contributed by atoms with Crippen molar-refractivity contribution in [2.24, 2.45) is 0 Å². The predicted molar refractivity (Wildman–Crippen MR) is 102 cm³/mol. The van der Waals surface area contributed by atoms with Crippen molar-refractivity contribution in [1.82, 2.24) is 15.0 Å². The first-order chi connectivity index (χ1) is 13.7. The van der Waals surface area contributed by atoms with E-state index in [4.69, 9.17) is 14.0 Å². The molecule has 0 amide bonds. The van der Waals surface area contributed by atoms with Gasteiger partial charge in [-0.2, -0.15) is 4.98 Å². The van der Waals surface area contributed by atoms with E-state index >= 15 is 0 Å². The highest BCUT2D eigenvalue weighted by Gasteiger charge is 2.30. The average Bonchev–Trinajstić information content (AvgIpc) is 3.38. The second-order valence-electron chi connectivity index (χ2n) is 6.75. The van der Waals surface area contributed by atoms with Crippen LogP contribution in [0.15, 0.2) is 47.0 Å². The third kappa shape index (κ3) is 3.71. The van der Waals surface area contributed by atoms with Crippen LogP contribution < -0.4 is 9.47 Å². The summed E-state index contributed by atoms with van der Waals surface area (Å²) in [6.45, 7) is 1.47. The Balaban J connectivity index is 1.54. The number of likely N-dealkylation sites (tertiary alicyclic amines) is 1. The molecule has 146 valence electrons. The van der Waals surface area contributed by atoms with Crippen molar-refractivity contribution in [2.75, 3.05) is 20.8 Å². The third-order valence-corrected chi connectivity index (χ3v) is 5.07. The van der Waals surface area contributed by atoms with Crippen molar-refractivity contribution in [1.29, 1.82) is 0 Å². The third-order valence-electron chi connectivity index (χ3n) is 5.07. The van der Waals surface area contributed by atoms with Gasteiger partial charge in [-0.05, 0) is 61.9 Å². The molecule has 0 aliphatic carbocycles. The molecule has 0 bridgehead atoms. The number of aromatic nitrogens is 2. The number of hydrogen-bond acceptors (Lipinski definition) is 6. The molecule has 2 heterocycles. The molecule has 1 aliphatic heterocycles. The highest BCUT2D eigenvalue weighted by atomic mass is 19.1. The van der Waals surface area contributed by atoms with Crippen molar-refractivity contribution in [3.8, 4) is 22.9 Å². The van der Waals surface area contributed by atoms with E-state index in [0.717, 1.165) is 42.0 Å². The number of halogens is 1. The van der Waals surface area contributed by atoms with Gasteiger partial charge >= 0.3 is 0 Å². The summed E-state index contributed by atoms with van der Waals surface area (Å²) in [6.07, 6.45) is 2.09. The van der Waals surface area contributed by atoms with Crippen LogP contribution in [0.4, 0.5) is 4.39 Å². The van der Waals surface area contributed by atoms with Crippen LogP contribution in [0.25, 0.3) is 11.4 Å². The van der Waals surface area contributed by atoms with Crippen LogP contribution >= 0.6 is 0 Å². The molecule has 0 radical (unpaired) electrons. The highest BCUT2D eigenvalue weighted by Crippen LogP contribution is 2.39. The second-order valence-corrected chi connectivity index (χ2v) is 6.75.